The Bertz CT molecular complexity index is 324. The normalized spacial score (nSPS) is 12.2. The number of thiocarbonyl (C=S) groups is 1. The molecule has 4 heteroatoms. The minimum Gasteiger partial charge on any atom is -0.359 e. The Morgan fingerprint density at radius 1 is 1.31 bits per heavy atom. The van der Waals surface area contributed by atoms with Crippen LogP contribution in [0.5, 0.6) is 0 Å². The second kappa shape index (κ2) is 6.45. The summed E-state index contributed by atoms with van der Waals surface area (Å²) in [6.07, 6.45) is 0. The lowest BCUT2D eigenvalue weighted by Gasteiger charge is -2.20. The molecular weight excluding hydrogens is 218 g/mol. The van der Waals surface area contributed by atoms with Gasteiger partial charge in [0.05, 0.1) is 0 Å². The van der Waals surface area contributed by atoms with E-state index in [1.54, 1.807) is 0 Å². The molecule has 0 fully saturated rings. The molecule has 0 aromatic heterocycles. The van der Waals surface area contributed by atoms with Crippen molar-refractivity contribution in [2.75, 3.05) is 26.0 Å². The maximum Gasteiger partial charge on any atom is 0.171 e. The molecule has 16 heavy (non-hydrogen) atoms. The Labute approximate surface area is 103 Å². The lowest BCUT2D eigenvalue weighted by Crippen LogP contribution is -2.41. The first-order chi connectivity index (χ1) is 7.58. The second-order valence-corrected chi connectivity index (χ2v) is 4.54. The summed E-state index contributed by atoms with van der Waals surface area (Å²) in [6.45, 7) is 3.07. The van der Waals surface area contributed by atoms with Gasteiger partial charge in [0, 0.05) is 18.3 Å². The van der Waals surface area contributed by atoms with Gasteiger partial charge < -0.3 is 15.5 Å². The van der Waals surface area contributed by atoms with E-state index in [-0.39, 0.29) is 0 Å². The summed E-state index contributed by atoms with van der Waals surface area (Å²) in [5.74, 6) is 0. The van der Waals surface area contributed by atoms with Gasteiger partial charge in [0.1, 0.15) is 0 Å². The molecule has 88 valence electrons. The average Bonchev–Trinajstić information content (AvgIpc) is 2.17. The Morgan fingerprint density at radius 3 is 2.50 bits per heavy atom. The molecule has 0 bridgehead atoms. The van der Waals surface area contributed by atoms with Crippen LogP contribution in [0, 0.1) is 0 Å². The number of para-hydroxylation sites is 1. The summed E-state index contributed by atoms with van der Waals surface area (Å²) in [6, 6.07) is 10.3. The van der Waals surface area contributed by atoms with Crippen LogP contribution in [0.4, 0.5) is 5.69 Å². The zero-order valence-electron chi connectivity index (χ0n) is 10.0. The number of likely N-dealkylation sites (N-methyl/N-ethyl adjacent to an activating group) is 1. The van der Waals surface area contributed by atoms with E-state index < -0.39 is 0 Å². The van der Waals surface area contributed by atoms with Crippen molar-refractivity contribution in [2.45, 2.75) is 13.0 Å². The highest BCUT2D eigenvalue weighted by Crippen LogP contribution is 2.04. The minimum atomic E-state index is 0.332. The Hall–Kier alpha value is -1.13. The summed E-state index contributed by atoms with van der Waals surface area (Å²) in [5, 5.41) is 7.05. The van der Waals surface area contributed by atoms with Gasteiger partial charge in [-0.1, -0.05) is 18.2 Å². The average molecular weight is 237 g/mol. The number of benzene rings is 1. The van der Waals surface area contributed by atoms with Gasteiger partial charge in [0.15, 0.2) is 5.11 Å². The van der Waals surface area contributed by atoms with E-state index in [0.29, 0.717) is 11.2 Å². The van der Waals surface area contributed by atoms with Crippen molar-refractivity contribution in [3.8, 4) is 0 Å². The van der Waals surface area contributed by atoms with E-state index in [1.165, 1.54) is 0 Å². The third-order valence-electron chi connectivity index (χ3n) is 2.05. The highest BCUT2D eigenvalue weighted by atomic mass is 32.1. The smallest absolute Gasteiger partial charge is 0.171 e. The van der Waals surface area contributed by atoms with Crippen molar-refractivity contribution in [3.63, 3.8) is 0 Å². The van der Waals surface area contributed by atoms with Crippen molar-refractivity contribution < 1.29 is 0 Å². The lowest BCUT2D eigenvalue weighted by molar-refractivity contribution is 0.370. The van der Waals surface area contributed by atoms with Crippen LogP contribution in [0.3, 0.4) is 0 Å². The fraction of sp³-hybridized carbons (Fsp3) is 0.417. The zero-order valence-corrected chi connectivity index (χ0v) is 10.8. The molecule has 1 rings (SSSR count). The van der Waals surface area contributed by atoms with Gasteiger partial charge in [-0.25, -0.2) is 0 Å². The first-order valence-corrected chi connectivity index (χ1v) is 5.76. The highest BCUT2D eigenvalue weighted by Gasteiger charge is 2.04. The van der Waals surface area contributed by atoms with E-state index in [0.717, 1.165) is 12.2 Å². The fourth-order valence-electron chi connectivity index (χ4n) is 1.51. The minimum absolute atomic E-state index is 0.332. The largest absolute Gasteiger partial charge is 0.359 e. The number of nitrogens with zero attached hydrogens (tertiary/aromatic N) is 1. The molecule has 3 nitrogen and oxygen atoms in total. The van der Waals surface area contributed by atoms with E-state index >= 15 is 0 Å². The molecule has 1 unspecified atom stereocenters. The van der Waals surface area contributed by atoms with Gasteiger partial charge in [-0.05, 0) is 45.4 Å². The van der Waals surface area contributed by atoms with E-state index in [9.17, 15) is 0 Å². The molecule has 0 aliphatic rings. The van der Waals surface area contributed by atoms with Crippen LogP contribution in [-0.4, -0.2) is 36.7 Å². The quantitative estimate of drug-likeness (QED) is 0.783. The van der Waals surface area contributed by atoms with Crippen LogP contribution in [-0.2, 0) is 0 Å². The summed E-state index contributed by atoms with van der Waals surface area (Å²) in [7, 11) is 4.09. The predicted molar refractivity (Wildman–Crippen MR) is 73.8 cm³/mol. The molecule has 0 spiro atoms. The van der Waals surface area contributed by atoms with Crippen LogP contribution in [0.1, 0.15) is 6.92 Å². The van der Waals surface area contributed by atoms with Crippen LogP contribution >= 0.6 is 12.2 Å². The third kappa shape index (κ3) is 5.09. The SMILES string of the molecule is CC(CN(C)C)NC(=S)Nc1ccccc1. The second-order valence-electron chi connectivity index (χ2n) is 4.13. The maximum atomic E-state index is 5.22. The molecule has 0 heterocycles. The highest BCUT2D eigenvalue weighted by molar-refractivity contribution is 7.80. The molecular formula is C12H19N3S. The lowest BCUT2D eigenvalue weighted by atomic mass is 10.3. The summed E-state index contributed by atoms with van der Waals surface area (Å²) < 4.78 is 0. The molecule has 0 aliphatic heterocycles. The Kier molecular flexibility index (Phi) is 5.22. The van der Waals surface area contributed by atoms with Crippen LogP contribution < -0.4 is 10.6 Å². The topological polar surface area (TPSA) is 27.3 Å². The fourth-order valence-corrected chi connectivity index (χ4v) is 1.82. The van der Waals surface area contributed by atoms with Crippen molar-refractivity contribution in [2.24, 2.45) is 0 Å². The van der Waals surface area contributed by atoms with E-state index in [1.807, 2.05) is 44.4 Å². The predicted octanol–water partition coefficient (Wildman–Crippen LogP) is 1.92. The Balaban J connectivity index is 2.36. The van der Waals surface area contributed by atoms with Crippen molar-refractivity contribution in [3.05, 3.63) is 30.3 Å². The van der Waals surface area contributed by atoms with Gasteiger partial charge in [0.2, 0.25) is 0 Å². The molecule has 1 atom stereocenters. The summed E-state index contributed by atoms with van der Waals surface area (Å²) >= 11 is 5.22. The molecule has 0 saturated heterocycles. The number of hydrogen-bond donors (Lipinski definition) is 2. The van der Waals surface area contributed by atoms with Crippen molar-refractivity contribution >= 4 is 23.0 Å². The van der Waals surface area contributed by atoms with Crippen LogP contribution in [0.15, 0.2) is 30.3 Å². The number of anilines is 1. The van der Waals surface area contributed by atoms with Crippen LogP contribution in [0.25, 0.3) is 0 Å². The van der Waals surface area contributed by atoms with Gasteiger partial charge >= 0.3 is 0 Å². The van der Waals surface area contributed by atoms with Gasteiger partial charge in [-0.15, -0.1) is 0 Å². The first kappa shape index (κ1) is 12.9. The van der Waals surface area contributed by atoms with Crippen molar-refractivity contribution in [1.29, 1.82) is 0 Å². The van der Waals surface area contributed by atoms with E-state index in [4.69, 9.17) is 12.2 Å². The van der Waals surface area contributed by atoms with Gasteiger partial charge in [-0.2, -0.15) is 0 Å². The van der Waals surface area contributed by atoms with Gasteiger partial charge in [0.25, 0.3) is 0 Å². The molecule has 2 N–H and O–H groups in total. The Morgan fingerprint density at radius 2 is 1.94 bits per heavy atom. The molecule has 0 radical (unpaired) electrons. The number of rotatable bonds is 4. The standard InChI is InChI=1S/C12H19N3S/c1-10(9-15(2)3)13-12(16)14-11-7-5-4-6-8-11/h4-8,10H,9H2,1-3H3,(H2,13,14,16). The van der Waals surface area contributed by atoms with Gasteiger partial charge in [-0.3, -0.25) is 0 Å². The molecule has 1 aromatic rings. The maximum absolute atomic E-state index is 5.22. The molecule has 0 aliphatic carbocycles. The van der Waals surface area contributed by atoms with Crippen molar-refractivity contribution in [1.82, 2.24) is 10.2 Å². The number of nitrogens with one attached hydrogen (secondary N) is 2. The zero-order chi connectivity index (χ0) is 12.0. The summed E-state index contributed by atoms with van der Waals surface area (Å²) in [4.78, 5) is 2.13. The van der Waals surface area contributed by atoms with E-state index in [2.05, 4.69) is 22.5 Å². The summed E-state index contributed by atoms with van der Waals surface area (Å²) in [5.41, 5.74) is 1.01. The molecule has 0 saturated carbocycles. The third-order valence-corrected chi connectivity index (χ3v) is 2.27. The molecule has 0 amide bonds. The van der Waals surface area contributed by atoms with Crippen LogP contribution in [0.2, 0.25) is 0 Å². The first-order valence-electron chi connectivity index (χ1n) is 5.35. The monoisotopic (exact) mass is 237 g/mol. The molecule has 1 aromatic carbocycles. The number of hydrogen-bond acceptors (Lipinski definition) is 2.